The van der Waals surface area contributed by atoms with E-state index in [2.05, 4.69) is 5.32 Å². The molecule has 0 aromatic rings. The van der Waals surface area contributed by atoms with E-state index in [9.17, 15) is 22.8 Å². The van der Waals surface area contributed by atoms with Crippen LogP contribution in [0.15, 0.2) is 0 Å². The van der Waals surface area contributed by atoms with Crippen molar-refractivity contribution in [1.82, 2.24) is 10.2 Å². The molecule has 0 atom stereocenters. The fourth-order valence-electron chi connectivity index (χ4n) is 2.40. The predicted molar refractivity (Wildman–Crippen MR) is 74.2 cm³/mol. The van der Waals surface area contributed by atoms with Gasteiger partial charge in [-0.15, -0.1) is 0 Å². The molecule has 1 aliphatic carbocycles. The van der Waals surface area contributed by atoms with Crippen LogP contribution in [0.5, 0.6) is 0 Å². The monoisotopic (exact) mass is 324 g/mol. The van der Waals surface area contributed by atoms with Gasteiger partial charge in [-0.2, -0.15) is 13.2 Å². The lowest BCUT2D eigenvalue weighted by Crippen LogP contribution is -2.47. The van der Waals surface area contributed by atoms with Gasteiger partial charge in [-0.05, 0) is 46.5 Å². The van der Waals surface area contributed by atoms with E-state index in [4.69, 9.17) is 4.74 Å². The minimum Gasteiger partial charge on any atom is -0.446 e. The van der Waals surface area contributed by atoms with Crippen molar-refractivity contribution in [2.24, 2.45) is 0 Å². The third-order valence-corrected chi connectivity index (χ3v) is 3.51. The third-order valence-electron chi connectivity index (χ3n) is 3.51. The van der Waals surface area contributed by atoms with Crippen LogP contribution in [0.4, 0.5) is 18.0 Å². The topological polar surface area (TPSA) is 58.6 Å². The maximum absolute atomic E-state index is 12.4. The van der Waals surface area contributed by atoms with Crippen LogP contribution in [-0.2, 0) is 9.53 Å². The standard InChI is InChI=1S/C14H23F3N2O3/c1-13(2,3)18-12(21)22-10-7-5-9(6-8-10)19(4)11(20)14(15,16)17/h9-10H,5-8H2,1-4H3,(H,18,21). The lowest BCUT2D eigenvalue weighted by atomic mass is 9.92. The summed E-state index contributed by atoms with van der Waals surface area (Å²) in [5, 5.41) is 2.66. The van der Waals surface area contributed by atoms with Crippen molar-refractivity contribution in [3.8, 4) is 0 Å². The molecule has 2 amide bonds. The second-order valence-electron chi connectivity index (χ2n) is 6.62. The lowest BCUT2D eigenvalue weighted by molar-refractivity contribution is -0.187. The molecule has 0 radical (unpaired) electrons. The predicted octanol–water partition coefficient (Wildman–Crippen LogP) is 2.84. The second-order valence-corrected chi connectivity index (χ2v) is 6.62. The van der Waals surface area contributed by atoms with E-state index in [1.165, 1.54) is 0 Å². The van der Waals surface area contributed by atoms with Gasteiger partial charge < -0.3 is 15.0 Å². The van der Waals surface area contributed by atoms with Crippen molar-refractivity contribution < 1.29 is 27.5 Å². The highest BCUT2D eigenvalue weighted by Gasteiger charge is 2.43. The Bertz CT molecular complexity index is 411. The number of nitrogens with one attached hydrogen (secondary N) is 1. The molecule has 1 saturated carbocycles. The molecular formula is C14H23F3N2O3. The molecule has 0 saturated heterocycles. The molecular weight excluding hydrogens is 301 g/mol. The van der Waals surface area contributed by atoms with E-state index in [1.54, 1.807) is 0 Å². The van der Waals surface area contributed by atoms with Crippen LogP contribution >= 0.6 is 0 Å². The summed E-state index contributed by atoms with van der Waals surface area (Å²) >= 11 is 0. The lowest BCUT2D eigenvalue weighted by Gasteiger charge is -2.35. The smallest absolute Gasteiger partial charge is 0.446 e. The summed E-state index contributed by atoms with van der Waals surface area (Å²) in [4.78, 5) is 23.6. The van der Waals surface area contributed by atoms with Gasteiger partial charge in [0.15, 0.2) is 0 Å². The van der Waals surface area contributed by atoms with Crippen LogP contribution in [0, 0.1) is 0 Å². The minimum absolute atomic E-state index is 0.326. The molecule has 8 heteroatoms. The van der Waals surface area contributed by atoms with Gasteiger partial charge in [-0.1, -0.05) is 0 Å². The number of ether oxygens (including phenoxy) is 1. The second kappa shape index (κ2) is 6.75. The summed E-state index contributed by atoms with van der Waals surface area (Å²) in [5.74, 6) is -1.83. The maximum atomic E-state index is 12.4. The summed E-state index contributed by atoms with van der Waals surface area (Å²) in [7, 11) is 1.16. The number of alkyl halides is 3. The van der Waals surface area contributed by atoms with E-state index in [0.29, 0.717) is 25.7 Å². The fourth-order valence-corrected chi connectivity index (χ4v) is 2.40. The number of alkyl carbamates (subject to hydrolysis) is 1. The summed E-state index contributed by atoms with van der Waals surface area (Å²) < 4.78 is 42.4. The van der Waals surface area contributed by atoms with E-state index in [-0.39, 0.29) is 6.10 Å². The van der Waals surface area contributed by atoms with Gasteiger partial charge in [0.1, 0.15) is 6.10 Å². The molecule has 0 aromatic carbocycles. The van der Waals surface area contributed by atoms with E-state index in [0.717, 1.165) is 11.9 Å². The van der Waals surface area contributed by atoms with Gasteiger partial charge in [-0.25, -0.2) is 4.79 Å². The van der Waals surface area contributed by atoms with Crippen LogP contribution in [-0.4, -0.2) is 47.8 Å². The van der Waals surface area contributed by atoms with Crippen molar-refractivity contribution >= 4 is 12.0 Å². The Balaban J connectivity index is 2.44. The van der Waals surface area contributed by atoms with Gasteiger partial charge in [0, 0.05) is 18.6 Å². The van der Waals surface area contributed by atoms with Crippen molar-refractivity contribution in [1.29, 1.82) is 0 Å². The molecule has 1 N–H and O–H groups in total. The zero-order chi connectivity index (χ0) is 17.1. The number of hydrogen-bond donors (Lipinski definition) is 1. The third kappa shape index (κ3) is 5.73. The first-order valence-corrected chi connectivity index (χ1v) is 7.23. The first-order valence-electron chi connectivity index (χ1n) is 7.23. The van der Waals surface area contributed by atoms with Crippen molar-refractivity contribution in [2.75, 3.05) is 7.05 Å². The summed E-state index contributed by atoms with van der Waals surface area (Å²) in [5.41, 5.74) is -0.409. The van der Waals surface area contributed by atoms with E-state index < -0.39 is 29.8 Å². The molecule has 1 rings (SSSR count). The molecule has 0 aromatic heterocycles. The van der Waals surface area contributed by atoms with Crippen LogP contribution < -0.4 is 5.32 Å². The maximum Gasteiger partial charge on any atom is 0.471 e. The number of halogens is 3. The number of carbonyl (C=O) groups is 2. The summed E-state index contributed by atoms with van der Waals surface area (Å²) in [6.07, 6.45) is -4.06. The molecule has 0 bridgehead atoms. The zero-order valence-electron chi connectivity index (χ0n) is 13.3. The average Bonchev–Trinajstić information content (AvgIpc) is 2.34. The number of rotatable bonds is 2. The van der Waals surface area contributed by atoms with Gasteiger partial charge in [0.05, 0.1) is 0 Å². The minimum atomic E-state index is -4.85. The Morgan fingerprint density at radius 2 is 1.59 bits per heavy atom. The molecule has 22 heavy (non-hydrogen) atoms. The molecule has 5 nitrogen and oxygen atoms in total. The molecule has 0 spiro atoms. The van der Waals surface area contributed by atoms with E-state index in [1.807, 2.05) is 20.8 Å². The highest BCUT2D eigenvalue weighted by atomic mass is 19.4. The highest BCUT2D eigenvalue weighted by Crippen LogP contribution is 2.27. The quantitative estimate of drug-likeness (QED) is 0.850. The summed E-state index contributed by atoms with van der Waals surface area (Å²) in [6.45, 7) is 5.47. The Morgan fingerprint density at radius 1 is 1.09 bits per heavy atom. The molecule has 0 aliphatic heterocycles. The number of carbonyl (C=O) groups excluding carboxylic acids is 2. The van der Waals surface area contributed by atoms with Gasteiger partial charge in [0.25, 0.3) is 0 Å². The molecule has 1 aliphatic rings. The Morgan fingerprint density at radius 3 is 2.00 bits per heavy atom. The fraction of sp³-hybridized carbons (Fsp3) is 0.857. The Hall–Kier alpha value is -1.47. The SMILES string of the molecule is CN(C(=O)C(F)(F)F)C1CCC(OC(=O)NC(C)(C)C)CC1. The first kappa shape index (κ1) is 18.6. The summed E-state index contributed by atoms with van der Waals surface area (Å²) in [6, 6.07) is -0.473. The van der Waals surface area contributed by atoms with Crippen LogP contribution in [0.2, 0.25) is 0 Å². The van der Waals surface area contributed by atoms with Crippen molar-refractivity contribution in [3.05, 3.63) is 0 Å². The van der Waals surface area contributed by atoms with E-state index >= 15 is 0 Å². The van der Waals surface area contributed by atoms with Crippen LogP contribution in [0.1, 0.15) is 46.5 Å². The largest absolute Gasteiger partial charge is 0.471 e. The molecule has 0 unspecified atom stereocenters. The average molecular weight is 324 g/mol. The normalized spacial score (nSPS) is 22.9. The van der Waals surface area contributed by atoms with Crippen LogP contribution in [0.25, 0.3) is 0 Å². The number of amides is 2. The van der Waals surface area contributed by atoms with Crippen molar-refractivity contribution in [3.63, 3.8) is 0 Å². The van der Waals surface area contributed by atoms with Crippen LogP contribution in [0.3, 0.4) is 0 Å². The molecule has 0 heterocycles. The highest BCUT2D eigenvalue weighted by molar-refractivity contribution is 5.81. The number of nitrogens with zero attached hydrogens (tertiary/aromatic N) is 1. The van der Waals surface area contributed by atoms with Gasteiger partial charge >= 0.3 is 18.2 Å². The Labute approximate surface area is 128 Å². The van der Waals surface area contributed by atoms with Crippen molar-refractivity contribution in [2.45, 2.75) is 70.3 Å². The Kier molecular flexibility index (Phi) is 5.70. The zero-order valence-corrected chi connectivity index (χ0v) is 13.3. The number of hydrogen-bond acceptors (Lipinski definition) is 3. The first-order chi connectivity index (χ1) is 9.90. The van der Waals surface area contributed by atoms with Gasteiger partial charge in [0.2, 0.25) is 0 Å². The molecule has 1 fully saturated rings. The van der Waals surface area contributed by atoms with Gasteiger partial charge in [-0.3, -0.25) is 4.79 Å². The molecule has 128 valence electrons.